The Bertz CT molecular complexity index is 3450. The minimum Gasteiger partial charge on any atom is -0.306 e. The number of hydrogen-bond donors (Lipinski definition) is 0. The number of aromatic nitrogens is 4. The van der Waals surface area contributed by atoms with Crippen LogP contribution in [0.2, 0.25) is 0 Å². The van der Waals surface area contributed by atoms with Crippen LogP contribution in [-0.2, 0) is 16.2 Å². The number of fused-ring (bicyclic) bond motifs is 22. The highest BCUT2D eigenvalue weighted by atomic mass is 15.0. The first kappa shape index (κ1) is 32.5. The minimum absolute atomic E-state index is 0.325. The maximum Gasteiger partial charge on any atom is 0.0963 e. The summed E-state index contributed by atoms with van der Waals surface area (Å²) in [5.74, 6) is 0. The third-order valence-corrected chi connectivity index (χ3v) is 14.6. The predicted molar refractivity (Wildman–Crippen MR) is 240 cm³/mol. The van der Waals surface area contributed by atoms with Crippen LogP contribution in [0.4, 0.5) is 0 Å². The Morgan fingerprint density at radius 2 is 0.933 bits per heavy atom. The minimum atomic E-state index is -0.689. The molecule has 0 amide bonds. The molecular weight excluding hydrogens is 729 g/mol. The molecule has 4 heterocycles. The highest BCUT2D eigenvalue weighted by Crippen LogP contribution is 2.67. The SMILES string of the molecule is CC1(C)c2ccccc2C2(c3cc4c(cc31)C1(c3ccccc3-c3ccccc31)c1ccccc1-4)c1cccnc1-c1ncc(-n3c4ccccc4c4ncccc43)cc12. The smallest absolute Gasteiger partial charge is 0.0963 e. The Morgan fingerprint density at radius 3 is 1.68 bits per heavy atom. The Hall–Kier alpha value is -7.43. The van der Waals surface area contributed by atoms with Gasteiger partial charge in [0.1, 0.15) is 0 Å². The van der Waals surface area contributed by atoms with Crippen LogP contribution in [0.15, 0.2) is 182 Å². The zero-order chi connectivity index (χ0) is 39.5. The van der Waals surface area contributed by atoms with Crippen molar-refractivity contribution in [2.24, 2.45) is 0 Å². The van der Waals surface area contributed by atoms with E-state index in [9.17, 15) is 0 Å². The van der Waals surface area contributed by atoms with Crippen LogP contribution in [0.3, 0.4) is 0 Å². The van der Waals surface area contributed by atoms with Crippen molar-refractivity contribution in [2.45, 2.75) is 30.1 Å². The molecule has 4 aromatic heterocycles. The van der Waals surface area contributed by atoms with Crippen LogP contribution < -0.4 is 0 Å². The van der Waals surface area contributed by atoms with Gasteiger partial charge in [-0.05, 0) is 109 Å². The Labute approximate surface area is 347 Å². The first-order chi connectivity index (χ1) is 29.5. The lowest BCUT2D eigenvalue weighted by Gasteiger charge is -2.47. The molecule has 1 atom stereocenters. The monoisotopic (exact) mass is 764 g/mol. The zero-order valence-corrected chi connectivity index (χ0v) is 33.1. The van der Waals surface area contributed by atoms with E-state index in [1.807, 2.05) is 24.7 Å². The summed E-state index contributed by atoms with van der Waals surface area (Å²) < 4.78 is 2.34. The molecule has 0 N–H and O–H groups in total. The fourth-order valence-electron chi connectivity index (χ4n) is 12.3. The fourth-order valence-corrected chi connectivity index (χ4v) is 12.3. The molecule has 0 radical (unpaired) electrons. The molecule has 60 heavy (non-hydrogen) atoms. The second-order valence-corrected chi connectivity index (χ2v) is 17.5. The number of nitrogens with zero attached hydrogens (tertiary/aromatic N) is 4. The van der Waals surface area contributed by atoms with Gasteiger partial charge in [0.2, 0.25) is 0 Å². The third kappa shape index (κ3) is 3.57. The molecule has 10 aromatic rings. The second-order valence-electron chi connectivity index (χ2n) is 17.5. The van der Waals surface area contributed by atoms with Crippen LogP contribution in [0.25, 0.3) is 61.3 Å². The Morgan fingerprint density at radius 1 is 0.383 bits per heavy atom. The van der Waals surface area contributed by atoms with Gasteiger partial charge in [0.25, 0.3) is 0 Å². The number of hydrogen-bond acceptors (Lipinski definition) is 3. The van der Waals surface area contributed by atoms with Crippen molar-refractivity contribution >= 4 is 21.9 Å². The molecule has 0 saturated heterocycles. The standard InChI is InChI=1S/C56H36N4/c1-54(2)42-22-10-11-23-43(42)56(44-24-13-27-58-52(44)53-48(56)29-33(32-59-53)60-49-25-12-6-18-37(49)51-50(60)26-14-28-57-51)47-30-38-36-17-5-9-21-41(36)55(45(38)31-46(47)54)39-19-7-3-15-34(39)35-16-4-8-20-40(35)55/h3-32H,1-2H3. The van der Waals surface area contributed by atoms with Crippen LogP contribution in [0.5, 0.6) is 0 Å². The molecule has 6 aromatic carbocycles. The summed E-state index contributed by atoms with van der Waals surface area (Å²) in [4.78, 5) is 15.5. The lowest BCUT2D eigenvalue weighted by atomic mass is 9.55. The zero-order valence-electron chi connectivity index (χ0n) is 33.1. The summed E-state index contributed by atoms with van der Waals surface area (Å²) in [5, 5.41) is 1.13. The van der Waals surface area contributed by atoms with Crippen molar-refractivity contribution in [1.82, 2.24) is 19.5 Å². The van der Waals surface area contributed by atoms with Crippen LogP contribution in [0.1, 0.15) is 69.5 Å². The molecule has 1 unspecified atom stereocenters. The molecule has 0 aliphatic heterocycles. The van der Waals surface area contributed by atoms with E-state index in [0.29, 0.717) is 0 Å². The Kier molecular flexibility index (Phi) is 5.95. The second kappa shape index (κ2) is 11.0. The van der Waals surface area contributed by atoms with Crippen molar-refractivity contribution < 1.29 is 0 Å². The maximum atomic E-state index is 5.41. The normalized spacial score (nSPS) is 17.5. The number of benzene rings is 6. The van der Waals surface area contributed by atoms with Crippen LogP contribution >= 0.6 is 0 Å². The Balaban J connectivity index is 1.14. The highest BCUT2D eigenvalue weighted by molar-refractivity contribution is 6.07. The van der Waals surface area contributed by atoms with Crippen molar-refractivity contribution in [3.05, 3.63) is 238 Å². The van der Waals surface area contributed by atoms with Crippen molar-refractivity contribution in [1.29, 1.82) is 0 Å². The molecule has 4 aliphatic rings. The molecule has 4 heteroatoms. The molecular formula is C56H36N4. The largest absolute Gasteiger partial charge is 0.306 e. The number of rotatable bonds is 1. The molecule has 280 valence electrons. The lowest BCUT2D eigenvalue weighted by Crippen LogP contribution is -2.41. The van der Waals surface area contributed by atoms with Gasteiger partial charge in [0.15, 0.2) is 0 Å². The van der Waals surface area contributed by atoms with E-state index in [1.54, 1.807) is 0 Å². The van der Waals surface area contributed by atoms with Gasteiger partial charge in [-0.2, -0.15) is 0 Å². The van der Waals surface area contributed by atoms with Crippen LogP contribution in [-0.4, -0.2) is 19.5 Å². The average molecular weight is 765 g/mol. The van der Waals surface area contributed by atoms with Gasteiger partial charge in [-0.3, -0.25) is 15.0 Å². The predicted octanol–water partition coefficient (Wildman–Crippen LogP) is 12.3. The van der Waals surface area contributed by atoms with E-state index in [0.717, 1.165) is 44.6 Å². The molecule has 2 spiro atoms. The summed E-state index contributed by atoms with van der Waals surface area (Å²) in [6.45, 7) is 4.85. The third-order valence-electron chi connectivity index (χ3n) is 14.6. The summed E-state index contributed by atoms with van der Waals surface area (Å²) >= 11 is 0. The van der Waals surface area contributed by atoms with E-state index in [1.165, 1.54) is 72.3 Å². The van der Waals surface area contributed by atoms with Gasteiger partial charge in [0.05, 0.1) is 50.7 Å². The first-order valence-corrected chi connectivity index (χ1v) is 20.9. The molecule has 0 bridgehead atoms. The summed E-state index contributed by atoms with van der Waals surface area (Å²) in [7, 11) is 0. The van der Waals surface area contributed by atoms with E-state index in [2.05, 4.69) is 176 Å². The summed E-state index contributed by atoms with van der Waals surface area (Å²) in [6.07, 6.45) is 5.85. The van der Waals surface area contributed by atoms with Gasteiger partial charge in [0, 0.05) is 28.8 Å². The van der Waals surface area contributed by atoms with Gasteiger partial charge in [-0.15, -0.1) is 0 Å². The molecule has 14 rings (SSSR count). The van der Waals surface area contributed by atoms with Gasteiger partial charge in [-0.1, -0.05) is 141 Å². The maximum absolute atomic E-state index is 5.41. The summed E-state index contributed by atoms with van der Waals surface area (Å²) in [5.41, 5.74) is 22.8. The first-order valence-electron chi connectivity index (χ1n) is 20.9. The van der Waals surface area contributed by atoms with Crippen LogP contribution in [0, 0.1) is 0 Å². The highest BCUT2D eigenvalue weighted by Gasteiger charge is 2.57. The topological polar surface area (TPSA) is 43.6 Å². The fraction of sp³-hybridized carbons (Fsp3) is 0.0893. The van der Waals surface area contributed by atoms with E-state index in [4.69, 9.17) is 15.0 Å². The van der Waals surface area contributed by atoms with E-state index >= 15 is 0 Å². The molecule has 4 nitrogen and oxygen atoms in total. The molecule has 0 saturated carbocycles. The average Bonchev–Trinajstić information content (AvgIpc) is 3.99. The number of pyridine rings is 3. The van der Waals surface area contributed by atoms with Gasteiger partial charge < -0.3 is 4.57 Å². The van der Waals surface area contributed by atoms with E-state index < -0.39 is 10.8 Å². The van der Waals surface area contributed by atoms with Crippen molar-refractivity contribution in [3.63, 3.8) is 0 Å². The van der Waals surface area contributed by atoms with Crippen molar-refractivity contribution in [3.8, 4) is 39.3 Å². The van der Waals surface area contributed by atoms with E-state index in [-0.39, 0.29) is 5.41 Å². The summed E-state index contributed by atoms with van der Waals surface area (Å²) in [6, 6.07) is 61.3. The number of para-hydroxylation sites is 1. The van der Waals surface area contributed by atoms with Gasteiger partial charge in [-0.25, -0.2) is 0 Å². The lowest BCUT2D eigenvalue weighted by molar-refractivity contribution is 0.561. The molecule has 4 aliphatic carbocycles. The van der Waals surface area contributed by atoms with Crippen molar-refractivity contribution in [2.75, 3.05) is 0 Å². The quantitative estimate of drug-likeness (QED) is 0.167. The van der Waals surface area contributed by atoms with Gasteiger partial charge >= 0.3 is 0 Å². The molecule has 0 fully saturated rings.